The Morgan fingerprint density at radius 2 is 2.00 bits per heavy atom. The van der Waals surface area contributed by atoms with Crippen molar-refractivity contribution >= 4 is 12.1 Å². The van der Waals surface area contributed by atoms with Crippen LogP contribution in [0.2, 0.25) is 0 Å². The number of ether oxygens (including phenoxy) is 2. The predicted octanol–water partition coefficient (Wildman–Crippen LogP) is 1.74. The van der Waals surface area contributed by atoms with Crippen LogP contribution in [-0.2, 0) is 22.6 Å². The van der Waals surface area contributed by atoms with E-state index in [2.05, 4.69) is 15.6 Å². The second-order valence-corrected chi connectivity index (χ2v) is 5.53. The fraction of sp³-hybridized carbons (Fsp3) is 0.692. The minimum absolute atomic E-state index is 0.0228. The summed E-state index contributed by atoms with van der Waals surface area (Å²) in [4.78, 5) is 23.4. The highest BCUT2D eigenvalue weighted by molar-refractivity contribution is 5.88. The molecule has 0 aliphatic rings. The van der Waals surface area contributed by atoms with Crippen molar-refractivity contribution in [3.8, 4) is 0 Å². The van der Waals surface area contributed by atoms with Crippen molar-refractivity contribution in [3.05, 3.63) is 11.4 Å². The van der Waals surface area contributed by atoms with Gasteiger partial charge in [-0.2, -0.15) is 0 Å². The Hall–Kier alpha value is -2.26. The molecule has 1 rings (SSSR count). The lowest BCUT2D eigenvalue weighted by Gasteiger charge is -2.19. The van der Waals surface area contributed by atoms with E-state index in [1.165, 1.54) is 0 Å². The molecule has 8 nitrogen and oxygen atoms in total. The Labute approximate surface area is 132 Å². The first-order valence-corrected chi connectivity index (χ1v) is 6.98. The van der Waals surface area contributed by atoms with E-state index in [0.29, 0.717) is 0 Å². The number of carbonyl (C=O) groups is 2. The van der Waals surface area contributed by atoms with Gasteiger partial charge in [-0.15, -0.1) is 5.10 Å². The SMILES string of the molecule is CCOC(=O)c1nnn(CC(F)F)c1CNC(=O)OC(C)(C)C. The van der Waals surface area contributed by atoms with Crippen molar-refractivity contribution in [3.63, 3.8) is 0 Å². The molecule has 0 radical (unpaired) electrons. The van der Waals surface area contributed by atoms with E-state index in [0.717, 1.165) is 4.68 Å². The Morgan fingerprint density at radius 3 is 2.52 bits per heavy atom. The van der Waals surface area contributed by atoms with Gasteiger partial charge in [-0.3, -0.25) is 0 Å². The largest absolute Gasteiger partial charge is 0.461 e. The summed E-state index contributed by atoms with van der Waals surface area (Å²) in [6.07, 6.45) is -3.44. The first kappa shape index (κ1) is 18.8. The molecule has 0 aromatic carbocycles. The van der Waals surface area contributed by atoms with Crippen LogP contribution in [0, 0.1) is 0 Å². The van der Waals surface area contributed by atoms with Crippen LogP contribution in [0.4, 0.5) is 13.6 Å². The average Bonchev–Trinajstić information content (AvgIpc) is 2.76. The number of amides is 1. The quantitative estimate of drug-likeness (QED) is 0.796. The highest BCUT2D eigenvalue weighted by Crippen LogP contribution is 2.11. The molecule has 1 N–H and O–H groups in total. The van der Waals surface area contributed by atoms with Gasteiger partial charge in [0, 0.05) is 0 Å². The van der Waals surface area contributed by atoms with Gasteiger partial charge in [0.1, 0.15) is 12.1 Å². The van der Waals surface area contributed by atoms with Gasteiger partial charge in [0.15, 0.2) is 5.69 Å². The number of aromatic nitrogens is 3. The highest BCUT2D eigenvalue weighted by Gasteiger charge is 2.24. The van der Waals surface area contributed by atoms with Gasteiger partial charge in [0.2, 0.25) is 0 Å². The maximum absolute atomic E-state index is 12.6. The Kier molecular flexibility index (Phi) is 6.40. The number of hydrogen-bond donors (Lipinski definition) is 1. The van der Waals surface area contributed by atoms with Crippen LogP contribution in [-0.4, -0.2) is 45.7 Å². The van der Waals surface area contributed by atoms with Crippen LogP contribution >= 0.6 is 0 Å². The van der Waals surface area contributed by atoms with Gasteiger partial charge < -0.3 is 14.8 Å². The fourth-order valence-electron chi connectivity index (χ4n) is 1.61. The Bertz CT molecular complexity index is 555. The Balaban J connectivity index is 2.90. The first-order valence-electron chi connectivity index (χ1n) is 6.98. The van der Waals surface area contributed by atoms with Crippen LogP contribution in [0.3, 0.4) is 0 Å². The molecule has 0 saturated carbocycles. The van der Waals surface area contributed by atoms with E-state index >= 15 is 0 Å². The van der Waals surface area contributed by atoms with Crippen molar-refractivity contribution < 1.29 is 27.8 Å². The summed E-state index contributed by atoms with van der Waals surface area (Å²) in [5.74, 6) is -0.797. The summed E-state index contributed by atoms with van der Waals surface area (Å²) >= 11 is 0. The van der Waals surface area contributed by atoms with Crippen molar-refractivity contribution in [1.82, 2.24) is 20.3 Å². The number of esters is 1. The number of hydrogen-bond acceptors (Lipinski definition) is 6. The molecule has 130 valence electrons. The monoisotopic (exact) mass is 334 g/mol. The van der Waals surface area contributed by atoms with E-state index in [-0.39, 0.29) is 24.5 Å². The third-order valence-corrected chi connectivity index (χ3v) is 2.42. The van der Waals surface area contributed by atoms with Gasteiger partial charge in [0.25, 0.3) is 6.43 Å². The van der Waals surface area contributed by atoms with Gasteiger partial charge in [-0.05, 0) is 27.7 Å². The molecule has 1 aromatic rings. The molecule has 0 fully saturated rings. The van der Waals surface area contributed by atoms with E-state index in [1.807, 2.05) is 0 Å². The lowest BCUT2D eigenvalue weighted by atomic mass is 10.2. The summed E-state index contributed by atoms with van der Waals surface area (Å²) < 4.78 is 35.8. The Morgan fingerprint density at radius 1 is 1.35 bits per heavy atom. The molecule has 1 amide bonds. The van der Waals surface area contributed by atoms with Crippen LogP contribution in [0.15, 0.2) is 0 Å². The second-order valence-electron chi connectivity index (χ2n) is 5.53. The lowest BCUT2D eigenvalue weighted by molar-refractivity contribution is 0.0496. The molecule has 0 unspecified atom stereocenters. The molecule has 1 aromatic heterocycles. The van der Waals surface area contributed by atoms with Crippen molar-refractivity contribution in [2.24, 2.45) is 0 Å². The van der Waals surface area contributed by atoms with Gasteiger partial charge >= 0.3 is 12.1 Å². The summed E-state index contributed by atoms with van der Waals surface area (Å²) in [6, 6.07) is 0. The predicted molar refractivity (Wildman–Crippen MR) is 75.1 cm³/mol. The number of carbonyl (C=O) groups excluding carboxylic acids is 2. The third kappa shape index (κ3) is 6.17. The number of nitrogens with one attached hydrogen (secondary N) is 1. The molecule has 0 aliphatic carbocycles. The molecular formula is C13H20F2N4O4. The number of alkyl halides is 2. The number of halogens is 2. The van der Waals surface area contributed by atoms with Crippen LogP contribution in [0.1, 0.15) is 43.9 Å². The van der Waals surface area contributed by atoms with E-state index in [1.54, 1.807) is 27.7 Å². The maximum atomic E-state index is 12.6. The maximum Gasteiger partial charge on any atom is 0.407 e. The topological polar surface area (TPSA) is 95.3 Å². The first-order chi connectivity index (χ1) is 10.6. The van der Waals surface area contributed by atoms with Crippen LogP contribution in [0.25, 0.3) is 0 Å². The average molecular weight is 334 g/mol. The van der Waals surface area contributed by atoms with Gasteiger partial charge in [-0.25, -0.2) is 23.1 Å². The molecule has 0 atom stereocenters. The second kappa shape index (κ2) is 7.84. The van der Waals surface area contributed by atoms with Gasteiger partial charge in [-0.1, -0.05) is 5.21 Å². The van der Waals surface area contributed by atoms with Crippen molar-refractivity contribution in [1.29, 1.82) is 0 Å². The zero-order valence-electron chi connectivity index (χ0n) is 13.4. The summed E-state index contributed by atoms with van der Waals surface area (Å²) in [7, 11) is 0. The molecule has 23 heavy (non-hydrogen) atoms. The molecule has 0 saturated heterocycles. The van der Waals surface area contributed by atoms with E-state index < -0.39 is 30.6 Å². The molecule has 1 heterocycles. The summed E-state index contributed by atoms with van der Waals surface area (Å²) in [5, 5.41) is 9.44. The standard InChI is InChI=1S/C13H20F2N4O4/c1-5-22-11(20)10-8(19(18-17-10)7-9(14)15)6-16-12(21)23-13(2,3)4/h9H,5-7H2,1-4H3,(H,16,21). The highest BCUT2D eigenvalue weighted by atomic mass is 19.3. The van der Waals surface area contributed by atoms with Crippen molar-refractivity contribution in [2.75, 3.05) is 6.61 Å². The van der Waals surface area contributed by atoms with E-state index in [4.69, 9.17) is 9.47 Å². The fourth-order valence-corrected chi connectivity index (χ4v) is 1.61. The minimum atomic E-state index is -2.69. The molecule has 0 aliphatic heterocycles. The van der Waals surface area contributed by atoms with Gasteiger partial charge in [0.05, 0.1) is 18.8 Å². The lowest BCUT2D eigenvalue weighted by Crippen LogP contribution is -2.33. The van der Waals surface area contributed by atoms with E-state index in [9.17, 15) is 18.4 Å². The summed E-state index contributed by atoms with van der Waals surface area (Å²) in [6.45, 7) is 5.73. The normalized spacial score (nSPS) is 11.4. The third-order valence-electron chi connectivity index (χ3n) is 2.42. The smallest absolute Gasteiger partial charge is 0.407 e. The number of alkyl carbamates (subject to hydrolysis) is 1. The minimum Gasteiger partial charge on any atom is -0.461 e. The molecular weight excluding hydrogens is 314 g/mol. The zero-order chi connectivity index (χ0) is 17.6. The van der Waals surface area contributed by atoms with Crippen LogP contribution < -0.4 is 5.32 Å². The molecule has 0 spiro atoms. The summed E-state index contributed by atoms with van der Waals surface area (Å²) in [5.41, 5.74) is -0.909. The number of nitrogens with zero attached hydrogens (tertiary/aromatic N) is 3. The van der Waals surface area contributed by atoms with Crippen LogP contribution in [0.5, 0.6) is 0 Å². The zero-order valence-corrected chi connectivity index (χ0v) is 13.4. The number of rotatable bonds is 6. The molecule has 0 bridgehead atoms. The van der Waals surface area contributed by atoms with Crippen molar-refractivity contribution in [2.45, 2.75) is 52.8 Å². The molecule has 10 heteroatoms.